The van der Waals surface area contributed by atoms with Crippen molar-refractivity contribution in [3.05, 3.63) is 164 Å². The predicted molar refractivity (Wildman–Crippen MR) is 180 cm³/mol. The minimum absolute atomic E-state index is 0. The molecule has 6 heteroatoms. The molecule has 0 aliphatic carbocycles. The Hall–Kier alpha value is -5.29. The number of fused-ring (bicyclic) bond motifs is 4. The molecule has 0 bridgehead atoms. The molecule has 0 fully saturated rings. The van der Waals surface area contributed by atoms with Gasteiger partial charge in [0.1, 0.15) is 11.5 Å². The van der Waals surface area contributed by atoms with Gasteiger partial charge in [0.25, 0.3) is 0 Å². The largest absolute Gasteiger partial charge is 0.503 e. The van der Waals surface area contributed by atoms with E-state index < -0.39 is 0 Å². The number of aromatic nitrogens is 2. The molecule has 0 saturated heterocycles. The summed E-state index contributed by atoms with van der Waals surface area (Å²) in [5, 5.41) is 0. The second-order valence-corrected chi connectivity index (χ2v) is 10.8. The third-order valence-corrected chi connectivity index (χ3v) is 8.04. The Morgan fingerprint density at radius 1 is 0.543 bits per heavy atom. The molecule has 0 saturated carbocycles. The SMILES string of the molecule is [Ir].[c-]1cc2c3c(c1-c1cc(-c4ccccc4)ccn1)Oc1ccccc1B3c1ccccc1O2.[c-]1ccccc1-c1ccccn1. The molecule has 0 atom stereocenters. The molecular formula is C40H25BIrN2O2-2. The van der Waals surface area contributed by atoms with Crippen molar-refractivity contribution in [1.82, 2.24) is 9.97 Å². The normalized spacial score (nSPS) is 11.6. The van der Waals surface area contributed by atoms with E-state index in [0.717, 1.165) is 73.0 Å². The minimum Gasteiger partial charge on any atom is -0.503 e. The predicted octanol–water partition coefficient (Wildman–Crippen LogP) is 7.49. The fourth-order valence-electron chi connectivity index (χ4n) is 5.96. The average molecular weight is 769 g/mol. The smallest absolute Gasteiger partial charge is 0.239 e. The van der Waals surface area contributed by atoms with Crippen LogP contribution in [0.3, 0.4) is 0 Å². The van der Waals surface area contributed by atoms with E-state index in [4.69, 9.17) is 14.5 Å². The van der Waals surface area contributed by atoms with E-state index in [1.165, 1.54) is 0 Å². The zero-order chi connectivity index (χ0) is 30.0. The van der Waals surface area contributed by atoms with Crippen LogP contribution in [0.25, 0.3) is 33.6 Å². The van der Waals surface area contributed by atoms with Crippen LogP contribution >= 0.6 is 0 Å². The van der Waals surface area contributed by atoms with E-state index in [2.05, 4.69) is 59.6 Å². The van der Waals surface area contributed by atoms with Crippen LogP contribution in [0.5, 0.6) is 23.0 Å². The first kappa shape index (κ1) is 29.4. The van der Waals surface area contributed by atoms with Gasteiger partial charge in [-0.3, -0.25) is 0 Å². The molecule has 2 aliphatic rings. The molecule has 2 aromatic heterocycles. The fourth-order valence-corrected chi connectivity index (χ4v) is 5.96. The molecule has 0 spiro atoms. The molecule has 221 valence electrons. The van der Waals surface area contributed by atoms with Crippen molar-refractivity contribution in [2.45, 2.75) is 0 Å². The summed E-state index contributed by atoms with van der Waals surface area (Å²) in [4.78, 5) is 8.91. The van der Waals surface area contributed by atoms with Crippen molar-refractivity contribution in [2.75, 3.05) is 0 Å². The van der Waals surface area contributed by atoms with Crippen molar-refractivity contribution in [2.24, 2.45) is 0 Å². The fraction of sp³-hybridized carbons (Fsp3) is 0. The van der Waals surface area contributed by atoms with E-state index in [1.54, 1.807) is 6.20 Å². The molecule has 2 aliphatic heterocycles. The second kappa shape index (κ2) is 13.0. The maximum atomic E-state index is 6.52. The molecule has 46 heavy (non-hydrogen) atoms. The average Bonchev–Trinajstić information content (AvgIpc) is 3.13. The number of para-hydroxylation sites is 2. The summed E-state index contributed by atoms with van der Waals surface area (Å²) in [6, 6.07) is 53.1. The van der Waals surface area contributed by atoms with E-state index >= 15 is 0 Å². The molecule has 4 heterocycles. The molecular weight excluding hydrogens is 743 g/mol. The first-order valence-corrected chi connectivity index (χ1v) is 14.9. The van der Waals surface area contributed by atoms with E-state index in [0.29, 0.717) is 0 Å². The molecule has 1 radical (unpaired) electrons. The van der Waals surface area contributed by atoms with Crippen molar-refractivity contribution < 1.29 is 29.6 Å². The maximum absolute atomic E-state index is 6.52. The van der Waals surface area contributed by atoms with Crippen molar-refractivity contribution >= 4 is 23.1 Å². The number of hydrogen-bond donors (Lipinski definition) is 0. The van der Waals surface area contributed by atoms with E-state index in [1.807, 2.05) is 103 Å². The van der Waals surface area contributed by atoms with Crippen molar-refractivity contribution in [3.63, 3.8) is 0 Å². The Balaban J connectivity index is 0.000000220. The summed E-state index contributed by atoms with van der Waals surface area (Å²) in [5.41, 5.74) is 9.25. The Labute approximate surface area is 282 Å². The van der Waals surface area contributed by atoms with E-state index in [-0.39, 0.29) is 26.8 Å². The summed E-state index contributed by atoms with van der Waals surface area (Å²) in [5.74, 6) is 3.29. The monoisotopic (exact) mass is 769 g/mol. The number of nitrogens with zero attached hydrogens (tertiary/aromatic N) is 2. The number of rotatable bonds is 3. The molecule has 0 unspecified atom stereocenters. The van der Waals surface area contributed by atoms with Gasteiger partial charge in [-0.2, -0.15) is 0 Å². The van der Waals surface area contributed by atoms with Gasteiger partial charge in [-0.1, -0.05) is 96.0 Å². The van der Waals surface area contributed by atoms with Crippen LogP contribution in [-0.4, -0.2) is 16.7 Å². The quantitative estimate of drug-likeness (QED) is 0.138. The maximum Gasteiger partial charge on any atom is 0.239 e. The molecule has 4 nitrogen and oxygen atoms in total. The van der Waals surface area contributed by atoms with Crippen LogP contribution in [0, 0.1) is 12.1 Å². The third-order valence-electron chi connectivity index (χ3n) is 8.04. The summed E-state index contributed by atoms with van der Waals surface area (Å²) < 4.78 is 12.8. The Morgan fingerprint density at radius 3 is 1.98 bits per heavy atom. The molecule has 0 N–H and O–H groups in total. The summed E-state index contributed by atoms with van der Waals surface area (Å²) in [6.07, 6.45) is 3.63. The Bertz CT molecular complexity index is 2080. The molecule has 0 amide bonds. The van der Waals surface area contributed by atoms with Gasteiger partial charge in [0.2, 0.25) is 6.71 Å². The van der Waals surface area contributed by atoms with Gasteiger partial charge in [-0.25, -0.2) is 0 Å². The summed E-state index contributed by atoms with van der Waals surface area (Å²) in [6.45, 7) is 0.0376. The first-order valence-electron chi connectivity index (χ1n) is 14.9. The van der Waals surface area contributed by atoms with Gasteiger partial charge in [-0.05, 0) is 57.7 Å². The molecule has 5 aromatic carbocycles. The molecule has 9 rings (SSSR count). The van der Waals surface area contributed by atoms with Crippen LogP contribution < -0.4 is 25.9 Å². The second-order valence-electron chi connectivity index (χ2n) is 10.8. The van der Waals surface area contributed by atoms with Gasteiger partial charge in [0.05, 0.1) is 0 Å². The number of ether oxygens (including phenoxy) is 2. The summed E-state index contributed by atoms with van der Waals surface area (Å²) in [7, 11) is 0. The van der Waals surface area contributed by atoms with Gasteiger partial charge >= 0.3 is 0 Å². The topological polar surface area (TPSA) is 44.2 Å². The van der Waals surface area contributed by atoms with Crippen LogP contribution in [0.1, 0.15) is 0 Å². The zero-order valence-corrected chi connectivity index (χ0v) is 27.0. The summed E-state index contributed by atoms with van der Waals surface area (Å²) >= 11 is 0. The minimum atomic E-state index is 0. The number of hydrogen-bond acceptors (Lipinski definition) is 4. The van der Waals surface area contributed by atoms with Gasteiger partial charge < -0.3 is 19.4 Å². The van der Waals surface area contributed by atoms with Gasteiger partial charge in [-0.15, -0.1) is 48.0 Å². The Kier molecular flexibility index (Phi) is 8.30. The number of pyridine rings is 2. The van der Waals surface area contributed by atoms with Crippen LogP contribution in [-0.2, 0) is 20.1 Å². The Morgan fingerprint density at radius 2 is 1.24 bits per heavy atom. The van der Waals surface area contributed by atoms with Crippen LogP contribution in [0.4, 0.5) is 0 Å². The van der Waals surface area contributed by atoms with Crippen LogP contribution in [0.2, 0.25) is 0 Å². The number of benzene rings is 5. The van der Waals surface area contributed by atoms with Gasteiger partial charge in [0.15, 0.2) is 0 Å². The molecule has 7 aromatic rings. The third kappa shape index (κ3) is 5.54. The zero-order valence-electron chi connectivity index (χ0n) is 24.6. The van der Waals surface area contributed by atoms with E-state index in [9.17, 15) is 0 Å². The van der Waals surface area contributed by atoms with Crippen molar-refractivity contribution in [1.29, 1.82) is 0 Å². The van der Waals surface area contributed by atoms with Crippen molar-refractivity contribution in [3.8, 4) is 56.6 Å². The first-order chi connectivity index (χ1) is 22.3. The van der Waals surface area contributed by atoms with Gasteiger partial charge in [0, 0.05) is 44.0 Å². The standard InChI is InChI=1S/C29H17BNO2.C11H8N.Ir/c1-2-8-19(9-3-1)20-16-17-31-24(18-20)21-14-15-27-28-29(21)33-26-13-7-5-11-23(26)30(28)22-10-4-6-12-25(22)32-27;1-2-6-10(7-3-1)11-8-4-5-9-12-11;/h1-13,15-18H;1-6,8-9H;/q2*-1;. The van der Waals surface area contributed by atoms with Crippen LogP contribution in [0.15, 0.2) is 152 Å².